The van der Waals surface area contributed by atoms with Crippen LogP contribution in [0.4, 0.5) is 0 Å². The Morgan fingerprint density at radius 1 is 1.72 bits per heavy atom. The van der Waals surface area contributed by atoms with E-state index in [0.717, 1.165) is 5.01 Å². The van der Waals surface area contributed by atoms with E-state index < -0.39 is 5.97 Å². The van der Waals surface area contributed by atoms with Crippen molar-refractivity contribution in [1.82, 2.24) is 4.98 Å². The fourth-order valence-corrected chi connectivity index (χ4v) is 1.93. The normalized spacial score (nSPS) is 10.9. The highest BCUT2D eigenvalue weighted by Gasteiger charge is 2.09. The van der Waals surface area contributed by atoms with Gasteiger partial charge in [0.1, 0.15) is 10.7 Å². The summed E-state index contributed by atoms with van der Waals surface area (Å²) >= 11 is 1.34. The van der Waals surface area contributed by atoms with Crippen LogP contribution < -0.4 is 0 Å². The molecule has 0 amide bonds. The molecule has 18 heavy (non-hydrogen) atoms. The molecule has 0 spiro atoms. The number of methoxy groups -OCH3 is 1. The molecule has 0 aliphatic heterocycles. The van der Waals surface area contributed by atoms with E-state index in [2.05, 4.69) is 15.0 Å². The number of hydrogen-bond acceptors (Lipinski definition) is 6. The maximum absolute atomic E-state index is 11.5. The SMILES string of the molecule is CCOC(=O)/C(=C/c1cnc(COC)s1)N=[N+]=[N-]. The number of ether oxygens (including phenoxy) is 2. The molecule has 0 aliphatic carbocycles. The summed E-state index contributed by atoms with van der Waals surface area (Å²) in [6.45, 7) is 2.29. The topological polar surface area (TPSA) is 97.2 Å². The van der Waals surface area contributed by atoms with E-state index in [4.69, 9.17) is 15.0 Å². The number of aromatic nitrogens is 1. The monoisotopic (exact) mass is 268 g/mol. The Bertz CT molecular complexity index is 491. The van der Waals surface area contributed by atoms with Gasteiger partial charge in [0.25, 0.3) is 0 Å². The lowest BCUT2D eigenvalue weighted by molar-refractivity contribution is -0.138. The highest BCUT2D eigenvalue weighted by Crippen LogP contribution is 2.18. The van der Waals surface area contributed by atoms with Crippen LogP contribution in [0.15, 0.2) is 17.0 Å². The van der Waals surface area contributed by atoms with Crippen LogP contribution in [-0.2, 0) is 20.9 Å². The first-order valence-electron chi connectivity index (χ1n) is 5.08. The standard InChI is InChI=1S/C10H12N4O3S/c1-3-17-10(15)8(13-14-11)4-7-5-12-9(18-7)6-16-2/h4-5H,3,6H2,1-2H3/b8-4-. The van der Waals surface area contributed by atoms with E-state index in [0.29, 0.717) is 11.5 Å². The van der Waals surface area contributed by atoms with Gasteiger partial charge in [-0.3, -0.25) is 0 Å². The molecular weight excluding hydrogens is 256 g/mol. The Hall–Kier alpha value is -1.89. The van der Waals surface area contributed by atoms with Crippen molar-refractivity contribution in [2.45, 2.75) is 13.5 Å². The number of rotatable bonds is 6. The van der Waals surface area contributed by atoms with Crippen molar-refractivity contribution in [3.05, 3.63) is 32.2 Å². The lowest BCUT2D eigenvalue weighted by Crippen LogP contribution is -2.05. The molecule has 1 heterocycles. The second kappa shape index (κ2) is 7.44. The van der Waals surface area contributed by atoms with Gasteiger partial charge in [-0.1, -0.05) is 5.11 Å². The maximum atomic E-state index is 11.5. The summed E-state index contributed by atoms with van der Waals surface area (Å²) in [5.41, 5.74) is 8.31. The minimum absolute atomic E-state index is 0.0908. The first kappa shape index (κ1) is 14.2. The molecule has 0 N–H and O–H groups in total. The van der Waals surface area contributed by atoms with Crippen molar-refractivity contribution in [1.29, 1.82) is 0 Å². The summed E-state index contributed by atoms with van der Waals surface area (Å²) in [6, 6.07) is 0. The first-order valence-corrected chi connectivity index (χ1v) is 5.90. The van der Waals surface area contributed by atoms with Gasteiger partial charge in [-0.15, -0.1) is 11.3 Å². The van der Waals surface area contributed by atoms with E-state index in [1.54, 1.807) is 20.2 Å². The van der Waals surface area contributed by atoms with Crippen LogP contribution in [0.2, 0.25) is 0 Å². The van der Waals surface area contributed by atoms with Crippen LogP contribution in [0.25, 0.3) is 16.5 Å². The molecule has 1 rings (SSSR count). The van der Waals surface area contributed by atoms with Gasteiger partial charge in [0, 0.05) is 23.1 Å². The Balaban J connectivity index is 2.92. The molecule has 0 atom stereocenters. The van der Waals surface area contributed by atoms with E-state index >= 15 is 0 Å². The average molecular weight is 268 g/mol. The highest BCUT2D eigenvalue weighted by atomic mass is 32.1. The van der Waals surface area contributed by atoms with Crippen LogP contribution in [-0.4, -0.2) is 24.7 Å². The fourth-order valence-electron chi connectivity index (χ4n) is 1.10. The van der Waals surface area contributed by atoms with Crippen LogP contribution in [0.1, 0.15) is 16.8 Å². The molecule has 1 aromatic rings. The van der Waals surface area contributed by atoms with Gasteiger partial charge in [-0.2, -0.15) is 0 Å². The first-order chi connectivity index (χ1) is 8.71. The Kier molecular flexibility index (Phi) is 5.86. The number of thiazole rings is 1. The van der Waals surface area contributed by atoms with Gasteiger partial charge in [0.05, 0.1) is 13.2 Å². The summed E-state index contributed by atoms with van der Waals surface area (Å²) < 4.78 is 9.70. The number of azide groups is 1. The number of nitrogens with zero attached hydrogens (tertiary/aromatic N) is 4. The van der Waals surface area contributed by atoms with Crippen LogP contribution in [0.3, 0.4) is 0 Å². The summed E-state index contributed by atoms with van der Waals surface area (Å²) in [7, 11) is 1.57. The quantitative estimate of drug-likeness (QED) is 0.260. The lowest BCUT2D eigenvalue weighted by atomic mass is 10.4. The van der Waals surface area contributed by atoms with Crippen molar-refractivity contribution in [2.75, 3.05) is 13.7 Å². The maximum Gasteiger partial charge on any atom is 0.340 e. The number of esters is 1. The molecule has 96 valence electrons. The molecule has 0 fully saturated rings. The molecule has 0 bridgehead atoms. The summed E-state index contributed by atoms with van der Waals surface area (Å²) in [6.07, 6.45) is 3.01. The number of carbonyl (C=O) groups is 1. The zero-order valence-electron chi connectivity index (χ0n) is 9.99. The molecular formula is C10H12N4O3S. The number of hydrogen-bond donors (Lipinski definition) is 0. The van der Waals surface area contributed by atoms with Gasteiger partial charge in [-0.25, -0.2) is 9.78 Å². The van der Waals surface area contributed by atoms with Crippen molar-refractivity contribution in [3.63, 3.8) is 0 Å². The third-order valence-electron chi connectivity index (χ3n) is 1.76. The molecule has 0 saturated heterocycles. The van der Waals surface area contributed by atoms with Crippen LogP contribution in [0, 0.1) is 0 Å². The molecule has 0 aromatic carbocycles. The zero-order valence-corrected chi connectivity index (χ0v) is 10.8. The summed E-state index contributed by atoms with van der Waals surface area (Å²) in [5.74, 6) is -0.656. The van der Waals surface area contributed by atoms with Gasteiger partial charge >= 0.3 is 5.97 Å². The molecule has 1 aromatic heterocycles. The van der Waals surface area contributed by atoms with Crippen LogP contribution >= 0.6 is 11.3 Å². The Morgan fingerprint density at radius 2 is 2.50 bits per heavy atom. The average Bonchev–Trinajstić information content (AvgIpc) is 2.77. The third-order valence-corrected chi connectivity index (χ3v) is 2.67. The van der Waals surface area contributed by atoms with Crippen molar-refractivity contribution in [2.24, 2.45) is 5.11 Å². The van der Waals surface area contributed by atoms with Crippen molar-refractivity contribution in [3.8, 4) is 0 Å². The molecule has 0 aliphatic rings. The predicted molar refractivity (Wildman–Crippen MR) is 66.6 cm³/mol. The van der Waals surface area contributed by atoms with Crippen LogP contribution in [0.5, 0.6) is 0 Å². The summed E-state index contributed by atoms with van der Waals surface area (Å²) in [4.78, 5) is 18.8. The molecule has 8 heteroatoms. The minimum Gasteiger partial charge on any atom is -0.462 e. The fraction of sp³-hybridized carbons (Fsp3) is 0.400. The molecule has 0 radical (unpaired) electrons. The van der Waals surface area contributed by atoms with Gasteiger partial charge < -0.3 is 9.47 Å². The van der Waals surface area contributed by atoms with E-state index in [9.17, 15) is 4.79 Å². The van der Waals surface area contributed by atoms with E-state index in [1.807, 2.05) is 0 Å². The van der Waals surface area contributed by atoms with E-state index in [-0.39, 0.29) is 12.3 Å². The van der Waals surface area contributed by atoms with Gasteiger partial charge in [0.15, 0.2) is 0 Å². The minimum atomic E-state index is -0.656. The molecule has 0 saturated carbocycles. The third kappa shape index (κ3) is 4.17. The molecule has 0 unspecified atom stereocenters. The second-order valence-corrected chi connectivity index (χ2v) is 4.18. The molecule has 7 nitrogen and oxygen atoms in total. The zero-order chi connectivity index (χ0) is 13.4. The Labute approximate surface area is 108 Å². The van der Waals surface area contributed by atoms with Crippen molar-refractivity contribution < 1.29 is 14.3 Å². The smallest absolute Gasteiger partial charge is 0.340 e. The number of carbonyl (C=O) groups excluding carboxylic acids is 1. The second-order valence-electron chi connectivity index (χ2n) is 3.03. The highest BCUT2D eigenvalue weighted by molar-refractivity contribution is 7.12. The van der Waals surface area contributed by atoms with Gasteiger partial charge in [-0.05, 0) is 18.5 Å². The predicted octanol–water partition coefficient (Wildman–Crippen LogP) is 2.50. The largest absolute Gasteiger partial charge is 0.462 e. The Morgan fingerprint density at radius 3 is 3.11 bits per heavy atom. The lowest BCUT2D eigenvalue weighted by Gasteiger charge is -1.99. The van der Waals surface area contributed by atoms with Crippen molar-refractivity contribution >= 4 is 23.4 Å². The van der Waals surface area contributed by atoms with Gasteiger partial charge in [0.2, 0.25) is 0 Å². The van der Waals surface area contributed by atoms with E-state index in [1.165, 1.54) is 17.4 Å². The summed E-state index contributed by atoms with van der Waals surface area (Å²) in [5, 5.41) is 4.08.